The van der Waals surface area contributed by atoms with Crippen LogP contribution in [0.3, 0.4) is 0 Å². The quantitative estimate of drug-likeness (QED) is 0.800. The van der Waals surface area contributed by atoms with E-state index in [1.54, 1.807) is 0 Å². The molecule has 2 aromatic rings. The van der Waals surface area contributed by atoms with Crippen molar-refractivity contribution in [2.75, 3.05) is 67.2 Å². The van der Waals surface area contributed by atoms with Crippen molar-refractivity contribution in [1.29, 1.82) is 0 Å². The summed E-state index contributed by atoms with van der Waals surface area (Å²) in [5, 5.41) is 0. The molecule has 9 heteroatoms. The number of morpholine rings is 1. The molecule has 0 unspecified atom stereocenters. The van der Waals surface area contributed by atoms with Crippen LogP contribution in [0, 0.1) is 5.82 Å². The van der Waals surface area contributed by atoms with Crippen molar-refractivity contribution in [1.82, 2.24) is 19.9 Å². The molecule has 0 radical (unpaired) electrons. The molecule has 2 aliphatic heterocycles. The summed E-state index contributed by atoms with van der Waals surface area (Å²) in [5.41, 5.74) is 0. The van der Waals surface area contributed by atoms with Crippen LogP contribution in [0.1, 0.15) is 0 Å². The van der Waals surface area contributed by atoms with Gasteiger partial charge in [0.25, 0.3) is 0 Å². The van der Waals surface area contributed by atoms with Gasteiger partial charge in [-0.05, 0) is 6.07 Å². The fourth-order valence-corrected chi connectivity index (χ4v) is 3.04. The fourth-order valence-electron chi connectivity index (χ4n) is 3.04. The molecule has 8 nitrogen and oxygen atoms in total. The molecule has 0 saturated carbocycles. The molecule has 2 aliphatic rings. The summed E-state index contributed by atoms with van der Waals surface area (Å²) < 4.78 is 18.3. The second-order valence-corrected chi connectivity index (χ2v) is 5.99. The third-order valence-corrected chi connectivity index (χ3v) is 4.42. The van der Waals surface area contributed by atoms with E-state index >= 15 is 0 Å². The molecule has 0 aliphatic carbocycles. The van der Waals surface area contributed by atoms with Gasteiger partial charge < -0.3 is 19.4 Å². The molecule has 132 valence electrons. The Hall–Kier alpha value is -2.55. The second-order valence-electron chi connectivity index (χ2n) is 5.99. The Balaban J connectivity index is 1.41. The monoisotopic (exact) mass is 345 g/mol. The largest absolute Gasteiger partial charge is 0.378 e. The van der Waals surface area contributed by atoms with Crippen molar-refractivity contribution in [3.05, 3.63) is 30.5 Å². The average molecular weight is 345 g/mol. The number of ether oxygens (including phenoxy) is 1. The highest BCUT2D eigenvalue weighted by atomic mass is 19.1. The lowest BCUT2D eigenvalue weighted by Crippen LogP contribution is -2.47. The van der Waals surface area contributed by atoms with E-state index in [1.165, 1.54) is 12.4 Å². The van der Waals surface area contributed by atoms with E-state index < -0.39 is 5.82 Å². The van der Waals surface area contributed by atoms with Crippen LogP contribution in [0.4, 0.5) is 22.1 Å². The van der Waals surface area contributed by atoms with Gasteiger partial charge >= 0.3 is 0 Å². The van der Waals surface area contributed by atoms with Crippen molar-refractivity contribution in [3.8, 4) is 0 Å². The number of hydrogen-bond acceptors (Lipinski definition) is 8. The van der Waals surface area contributed by atoms with Crippen molar-refractivity contribution < 1.29 is 9.13 Å². The van der Waals surface area contributed by atoms with E-state index in [2.05, 4.69) is 24.8 Å². The van der Waals surface area contributed by atoms with E-state index in [4.69, 9.17) is 9.72 Å². The molecule has 0 spiro atoms. The Morgan fingerprint density at radius 1 is 0.800 bits per heavy atom. The van der Waals surface area contributed by atoms with Gasteiger partial charge in [-0.15, -0.1) is 0 Å². The molecule has 0 amide bonds. The Labute approximate surface area is 145 Å². The highest BCUT2D eigenvalue weighted by molar-refractivity contribution is 5.45. The van der Waals surface area contributed by atoms with Crippen LogP contribution in [0.5, 0.6) is 0 Å². The average Bonchev–Trinajstić information content (AvgIpc) is 2.70. The predicted octanol–water partition coefficient (Wildman–Crippen LogP) is 0.569. The molecular formula is C16H20FN7O. The zero-order valence-electron chi connectivity index (χ0n) is 13.9. The molecule has 2 saturated heterocycles. The van der Waals surface area contributed by atoms with Gasteiger partial charge in [-0.1, -0.05) is 0 Å². The molecule has 25 heavy (non-hydrogen) atoms. The van der Waals surface area contributed by atoms with Crippen molar-refractivity contribution >= 4 is 17.7 Å². The first kappa shape index (κ1) is 15.9. The summed E-state index contributed by atoms with van der Waals surface area (Å²) >= 11 is 0. The minimum absolute atomic E-state index is 0.421. The third-order valence-electron chi connectivity index (χ3n) is 4.42. The molecule has 0 aromatic carbocycles. The Morgan fingerprint density at radius 2 is 1.44 bits per heavy atom. The molecule has 0 N–H and O–H groups in total. The number of hydrogen-bond donors (Lipinski definition) is 0. The van der Waals surface area contributed by atoms with Gasteiger partial charge in [0.05, 0.1) is 25.6 Å². The van der Waals surface area contributed by atoms with Crippen LogP contribution < -0.4 is 14.7 Å². The summed E-state index contributed by atoms with van der Waals surface area (Å²) in [4.78, 5) is 23.7. The molecule has 4 heterocycles. The fraction of sp³-hybridized carbons (Fsp3) is 0.500. The standard InChI is InChI=1S/C16H20FN7O/c17-13-11-19-15(20-12-13)23-3-5-24(6-4-23)16-18-2-1-14(21-16)22-7-9-25-10-8-22/h1-2,11-12H,3-10H2. The van der Waals surface area contributed by atoms with Gasteiger partial charge in [-0.25, -0.2) is 19.3 Å². The smallest absolute Gasteiger partial charge is 0.227 e. The van der Waals surface area contributed by atoms with Crippen LogP contribution in [-0.4, -0.2) is 72.4 Å². The molecule has 2 fully saturated rings. The van der Waals surface area contributed by atoms with Crippen LogP contribution in [-0.2, 0) is 4.74 Å². The third kappa shape index (κ3) is 3.60. The first-order valence-corrected chi connectivity index (χ1v) is 8.43. The maximum absolute atomic E-state index is 12.9. The molecule has 0 atom stereocenters. The van der Waals surface area contributed by atoms with Crippen molar-refractivity contribution in [2.24, 2.45) is 0 Å². The minimum Gasteiger partial charge on any atom is -0.378 e. The van der Waals surface area contributed by atoms with Gasteiger partial charge in [0.2, 0.25) is 11.9 Å². The highest BCUT2D eigenvalue weighted by Crippen LogP contribution is 2.18. The highest BCUT2D eigenvalue weighted by Gasteiger charge is 2.22. The van der Waals surface area contributed by atoms with Crippen LogP contribution in [0.15, 0.2) is 24.7 Å². The number of anilines is 3. The number of halogens is 1. The maximum atomic E-state index is 12.9. The summed E-state index contributed by atoms with van der Waals surface area (Å²) in [6.45, 7) is 6.21. The Morgan fingerprint density at radius 3 is 2.12 bits per heavy atom. The van der Waals surface area contributed by atoms with E-state index in [9.17, 15) is 4.39 Å². The Kier molecular flexibility index (Phi) is 4.55. The van der Waals surface area contributed by atoms with Gasteiger partial charge in [-0.3, -0.25) is 0 Å². The topological polar surface area (TPSA) is 70.5 Å². The minimum atomic E-state index is -0.421. The number of nitrogens with zero attached hydrogens (tertiary/aromatic N) is 7. The van der Waals surface area contributed by atoms with Gasteiger partial charge in [0, 0.05) is 45.5 Å². The summed E-state index contributed by atoms with van der Waals surface area (Å²) in [5.74, 6) is 1.82. The van der Waals surface area contributed by atoms with Crippen molar-refractivity contribution in [2.45, 2.75) is 0 Å². The summed E-state index contributed by atoms with van der Waals surface area (Å²) in [6.07, 6.45) is 4.20. The molecule has 0 bridgehead atoms. The van der Waals surface area contributed by atoms with Crippen LogP contribution >= 0.6 is 0 Å². The van der Waals surface area contributed by atoms with E-state index in [-0.39, 0.29) is 0 Å². The number of piperazine rings is 1. The molecular weight excluding hydrogens is 325 g/mol. The van der Waals surface area contributed by atoms with Crippen LogP contribution in [0.25, 0.3) is 0 Å². The van der Waals surface area contributed by atoms with E-state index in [0.29, 0.717) is 5.95 Å². The first-order chi connectivity index (χ1) is 12.3. The lowest BCUT2D eigenvalue weighted by molar-refractivity contribution is 0.122. The van der Waals surface area contributed by atoms with E-state index in [1.807, 2.05) is 17.2 Å². The lowest BCUT2D eigenvalue weighted by Gasteiger charge is -2.35. The number of aromatic nitrogens is 4. The predicted molar refractivity (Wildman–Crippen MR) is 91.5 cm³/mol. The van der Waals surface area contributed by atoms with Gasteiger partial charge in [0.1, 0.15) is 5.82 Å². The van der Waals surface area contributed by atoms with Crippen molar-refractivity contribution in [3.63, 3.8) is 0 Å². The van der Waals surface area contributed by atoms with Gasteiger partial charge in [0.15, 0.2) is 5.82 Å². The molecule has 4 rings (SSSR count). The van der Waals surface area contributed by atoms with E-state index in [0.717, 1.165) is 64.2 Å². The first-order valence-electron chi connectivity index (χ1n) is 8.43. The molecule has 2 aromatic heterocycles. The lowest BCUT2D eigenvalue weighted by atomic mass is 10.3. The summed E-state index contributed by atoms with van der Waals surface area (Å²) in [7, 11) is 0. The van der Waals surface area contributed by atoms with Gasteiger partial charge in [-0.2, -0.15) is 4.98 Å². The number of rotatable bonds is 3. The maximum Gasteiger partial charge on any atom is 0.227 e. The second kappa shape index (κ2) is 7.14. The zero-order chi connectivity index (χ0) is 17.1. The SMILES string of the molecule is Fc1cnc(N2CCN(c3nccc(N4CCOCC4)n3)CC2)nc1. The summed E-state index contributed by atoms with van der Waals surface area (Å²) in [6, 6.07) is 1.94. The Bertz CT molecular complexity index is 700. The normalized spacial score (nSPS) is 18.5. The zero-order valence-corrected chi connectivity index (χ0v) is 13.9. The van der Waals surface area contributed by atoms with Crippen LogP contribution in [0.2, 0.25) is 0 Å².